The van der Waals surface area contributed by atoms with Gasteiger partial charge in [0.25, 0.3) is 0 Å². The minimum atomic E-state index is 0.725. The smallest absolute Gasteiger partial charge is 0.0845 e. The summed E-state index contributed by atoms with van der Waals surface area (Å²) in [5.41, 5.74) is 2.46. The lowest BCUT2D eigenvalue weighted by Gasteiger charge is -1.95. The van der Waals surface area contributed by atoms with E-state index in [0.717, 1.165) is 6.61 Å². The zero-order chi connectivity index (χ0) is 8.81. The van der Waals surface area contributed by atoms with Crippen molar-refractivity contribution >= 4 is 6.08 Å². The zero-order valence-electron chi connectivity index (χ0n) is 7.58. The van der Waals surface area contributed by atoms with Gasteiger partial charge in [-0.1, -0.05) is 29.8 Å². The van der Waals surface area contributed by atoms with Crippen LogP contribution in [0, 0.1) is 6.92 Å². The molecule has 0 spiro atoms. The third-order valence-corrected chi connectivity index (χ3v) is 1.60. The largest absolute Gasteiger partial charge is 0.501 e. The minimum Gasteiger partial charge on any atom is -0.501 e. The van der Waals surface area contributed by atoms with Crippen LogP contribution in [0.25, 0.3) is 6.08 Å². The molecule has 64 valence electrons. The SMILES string of the molecule is CCO/C=C/c1ccc(C)cc1. The van der Waals surface area contributed by atoms with Crippen LogP contribution in [0.2, 0.25) is 0 Å². The van der Waals surface area contributed by atoms with E-state index in [1.165, 1.54) is 11.1 Å². The third-order valence-electron chi connectivity index (χ3n) is 1.60. The van der Waals surface area contributed by atoms with E-state index in [1.807, 2.05) is 13.0 Å². The van der Waals surface area contributed by atoms with Crippen molar-refractivity contribution < 1.29 is 4.74 Å². The average Bonchev–Trinajstić information content (AvgIpc) is 2.09. The van der Waals surface area contributed by atoms with E-state index in [9.17, 15) is 0 Å². The van der Waals surface area contributed by atoms with Crippen LogP contribution < -0.4 is 0 Å². The van der Waals surface area contributed by atoms with Gasteiger partial charge in [0.1, 0.15) is 0 Å². The molecule has 0 heterocycles. The number of hydrogen-bond acceptors (Lipinski definition) is 1. The number of rotatable bonds is 3. The number of ether oxygens (including phenoxy) is 1. The van der Waals surface area contributed by atoms with Gasteiger partial charge in [0.05, 0.1) is 12.9 Å². The predicted octanol–water partition coefficient (Wildman–Crippen LogP) is 3.00. The Kier molecular flexibility index (Phi) is 3.39. The first kappa shape index (κ1) is 8.85. The molecule has 1 heteroatoms. The summed E-state index contributed by atoms with van der Waals surface area (Å²) >= 11 is 0. The monoisotopic (exact) mass is 162 g/mol. The summed E-state index contributed by atoms with van der Waals surface area (Å²) < 4.78 is 5.09. The normalized spacial score (nSPS) is 10.5. The Balaban J connectivity index is 2.58. The van der Waals surface area contributed by atoms with E-state index in [4.69, 9.17) is 4.74 Å². The molecule has 0 atom stereocenters. The highest BCUT2D eigenvalue weighted by Gasteiger charge is 1.84. The summed E-state index contributed by atoms with van der Waals surface area (Å²) in [6.07, 6.45) is 3.69. The van der Waals surface area contributed by atoms with Crippen molar-refractivity contribution in [1.82, 2.24) is 0 Å². The Labute approximate surface area is 73.7 Å². The van der Waals surface area contributed by atoms with Crippen molar-refractivity contribution in [3.63, 3.8) is 0 Å². The van der Waals surface area contributed by atoms with Gasteiger partial charge in [-0.05, 0) is 25.5 Å². The molecule has 12 heavy (non-hydrogen) atoms. The number of hydrogen-bond donors (Lipinski definition) is 0. The second kappa shape index (κ2) is 4.60. The van der Waals surface area contributed by atoms with Crippen molar-refractivity contribution in [2.24, 2.45) is 0 Å². The summed E-state index contributed by atoms with van der Waals surface area (Å²) in [7, 11) is 0. The van der Waals surface area contributed by atoms with Gasteiger partial charge < -0.3 is 4.74 Å². The second-order valence-corrected chi connectivity index (χ2v) is 2.67. The number of benzene rings is 1. The van der Waals surface area contributed by atoms with E-state index in [0.29, 0.717) is 0 Å². The van der Waals surface area contributed by atoms with Crippen molar-refractivity contribution in [2.75, 3.05) is 6.61 Å². The third kappa shape index (κ3) is 2.79. The molecule has 1 aromatic carbocycles. The summed E-state index contributed by atoms with van der Waals surface area (Å²) in [5, 5.41) is 0. The molecule has 1 aromatic rings. The fourth-order valence-corrected chi connectivity index (χ4v) is 0.900. The van der Waals surface area contributed by atoms with Gasteiger partial charge in [-0.25, -0.2) is 0 Å². The highest BCUT2D eigenvalue weighted by Crippen LogP contribution is 2.04. The molecule has 0 aliphatic rings. The van der Waals surface area contributed by atoms with E-state index in [-0.39, 0.29) is 0 Å². The molecule has 0 aliphatic carbocycles. The zero-order valence-corrected chi connectivity index (χ0v) is 7.58. The fourth-order valence-electron chi connectivity index (χ4n) is 0.900. The summed E-state index contributed by atoms with van der Waals surface area (Å²) in [5.74, 6) is 0. The Morgan fingerprint density at radius 1 is 1.25 bits per heavy atom. The Hall–Kier alpha value is -1.24. The molecule has 0 saturated carbocycles. The molecule has 0 saturated heterocycles. The molecule has 1 nitrogen and oxygen atoms in total. The maximum atomic E-state index is 5.09. The van der Waals surface area contributed by atoms with Crippen LogP contribution in [0.5, 0.6) is 0 Å². The molecule has 0 bridgehead atoms. The first-order chi connectivity index (χ1) is 5.83. The highest BCUT2D eigenvalue weighted by molar-refractivity contribution is 5.48. The van der Waals surface area contributed by atoms with Gasteiger partial charge in [-0.2, -0.15) is 0 Å². The van der Waals surface area contributed by atoms with Crippen LogP contribution >= 0.6 is 0 Å². The number of aryl methyl sites for hydroxylation is 1. The molecule has 0 N–H and O–H groups in total. The van der Waals surface area contributed by atoms with Crippen molar-refractivity contribution in [3.8, 4) is 0 Å². The van der Waals surface area contributed by atoms with Crippen LogP contribution in [-0.2, 0) is 4.74 Å². The van der Waals surface area contributed by atoms with E-state index in [2.05, 4.69) is 31.2 Å². The van der Waals surface area contributed by atoms with Gasteiger partial charge in [0, 0.05) is 0 Å². The first-order valence-corrected chi connectivity index (χ1v) is 4.17. The van der Waals surface area contributed by atoms with E-state index < -0.39 is 0 Å². The van der Waals surface area contributed by atoms with E-state index >= 15 is 0 Å². The topological polar surface area (TPSA) is 9.23 Å². The highest BCUT2D eigenvalue weighted by atomic mass is 16.5. The first-order valence-electron chi connectivity index (χ1n) is 4.17. The Morgan fingerprint density at radius 2 is 1.92 bits per heavy atom. The van der Waals surface area contributed by atoms with Gasteiger partial charge in [-0.15, -0.1) is 0 Å². The van der Waals surface area contributed by atoms with Gasteiger partial charge >= 0.3 is 0 Å². The maximum Gasteiger partial charge on any atom is 0.0845 e. The standard InChI is InChI=1S/C11H14O/c1-3-12-9-8-11-6-4-10(2)5-7-11/h4-9H,3H2,1-2H3/b9-8+. The summed E-state index contributed by atoms with van der Waals surface area (Å²) in [6.45, 7) is 4.78. The average molecular weight is 162 g/mol. The van der Waals surface area contributed by atoms with E-state index in [1.54, 1.807) is 6.26 Å². The molecule has 0 fully saturated rings. The van der Waals surface area contributed by atoms with Crippen LogP contribution in [0.4, 0.5) is 0 Å². The van der Waals surface area contributed by atoms with Crippen LogP contribution in [-0.4, -0.2) is 6.61 Å². The van der Waals surface area contributed by atoms with Crippen molar-refractivity contribution in [1.29, 1.82) is 0 Å². The molecule has 0 amide bonds. The molecule has 0 aliphatic heterocycles. The predicted molar refractivity (Wildman–Crippen MR) is 51.8 cm³/mol. The van der Waals surface area contributed by atoms with Gasteiger partial charge in [0.2, 0.25) is 0 Å². The minimum absolute atomic E-state index is 0.725. The van der Waals surface area contributed by atoms with Crippen molar-refractivity contribution in [3.05, 3.63) is 41.7 Å². The Bertz CT molecular complexity index is 246. The molecule has 0 unspecified atom stereocenters. The Morgan fingerprint density at radius 3 is 2.50 bits per heavy atom. The lowest BCUT2D eigenvalue weighted by molar-refractivity contribution is 0.272. The molecule has 0 radical (unpaired) electrons. The lowest BCUT2D eigenvalue weighted by Crippen LogP contribution is -1.77. The second-order valence-electron chi connectivity index (χ2n) is 2.67. The molecular weight excluding hydrogens is 148 g/mol. The lowest BCUT2D eigenvalue weighted by atomic mass is 10.1. The van der Waals surface area contributed by atoms with Crippen LogP contribution in [0.15, 0.2) is 30.5 Å². The van der Waals surface area contributed by atoms with Crippen molar-refractivity contribution in [2.45, 2.75) is 13.8 Å². The summed E-state index contributed by atoms with van der Waals surface area (Å²) in [6, 6.07) is 8.33. The molecular formula is C11H14O. The van der Waals surface area contributed by atoms with Crippen LogP contribution in [0.1, 0.15) is 18.1 Å². The molecule has 0 aromatic heterocycles. The fraction of sp³-hybridized carbons (Fsp3) is 0.273. The van der Waals surface area contributed by atoms with Crippen LogP contribution in [0.3, 0.4) is 0 Å². The van der Waals surface area contributed by atoms with Gasteiger partial charge in [0.15, 0.2) is 0 Å². The van der Waals surface area contributed by atoms with Gasteiger partial charge in [-0.3, -0.25) is 0 Å². The molecule has 1 rings (SSSR count). The summed E-state index contributed by atoms with van der Waals surface area (Å²) in [4.78, 5) is 0. The maximum absolute atomic E-state index is 5.09. The quantitative estimate of drug-likeness (QED) is 0.621.